The van der Waals surface area contributed by atoms with Gasteiger partial charge in [0.25, 0.3) is 5.91 Å². The second-order valence-electron chi connectivity index (χ2n) is 10.3. The Balaban J connectivity index is 1.29. The molecule has 4 aromatic rings. The number of amides is 1. The van der Waals surface area contributed by atoms with Crippen molar-refractivity contribution in [2.75, 3.05) is 49.2 Å². The van der Waals surface area contributed by atoms with E-state index in [0.717, 1.165) is 49.1 Å². The topological polar surface area (TPSA) is 98.3 Å². The molecular weight excluding hydrogens is 601 g/mol. The van der Waals surface area contributed by atoms with Crippen LogP contribution in [0.1, 0.15) is 32.2 Å². The van der Waals surface area contributed by atoms with E-state index in [4.69, 9.17) is 11.6 Å². The maximum atomic E-state index is 14.0. The molecule has 5 rings (SSSR count). The van der Waals surface area contributed by atoms with E-state index in [0.29, 0.717) is 38.2 Å². The third kappa shape index (κ3) is 7.79. The van der Waals surface area contributed by atoms with Crippen LogP contribution in [-0.4, -0.2) is 63.9 Å². The van der Waals surface area contributed by atoms with E-state index in [9.17, 15) is 18.0 Å². The van der Waals surface area contributed by atoms with E-state index >= 15 is 0 Å². The summed E-state index contributed by atoms with van der Waals surface area (Å²) in [5, 5.41) is 9.67. The molecular formula is C29H30ClF3N8OS. The Labute approximate surface area is 256 Å². The van der Waals surface area contributed by atoms with Crippen molar-refractivity contribution < 1.29 is 18.0 Å². The summed E-state index contributed by atoms with van der Waals surface area (Å²) in [5.41, 5.74) is 1.16. The van der Waals surface area contributed by atoms with Gasteiger partial charge in [-0.25, -0.2) is 15.0 Å². The standard InChI is InChI=1S/C29H30ClF3N8OS/c1-17-5-4-6-22(30)26(17)39-27(42)23-15-34-28(43-23)38-25-14-24(35-18(2)36-25)37-20-8-7-19(21(13-20)29(31,32)33)16-41-11-9-40(3)10-12-41/h4-8,13-15H,9-12,16H2,1-3H3,(H,39,42)(H2,34,35,36,37,38). The van der Waals surface area contributed by atoms with E-state index in [2.05, 4.69) is 35.8 Å². The van der Waals surface area contributed by atoms with Crippen LogP contribution in [0, 0.1) is 13.8 Å². The summed E-state index contributed by atoms with van der Waals surface area (Å²) in [6.07, 6.45) is -3.07. The van der Waals surface area contributed by atoms with Crippen molar-refractivity contribution in [3.63, 3.8) is 0 Å². The van der Waals surface area contributed by atoms with Gasteiger partial charge in [0, 0.05) is 44.5 Å². The number of piperazine rings is 1. The molecule has 0 bridgehead atoms. The Bertz CT molecular complexity index is 1600. The average Bonchev–Trinajstić information content (AvgIpc) is 3.40. The van der Waals surface area contributed by atoms with Gasteiger partial charge in [0.2, 0.25) is 0 Å². The molecule has 0 saturated carbocycles. The molecule has 1 saturated heterocycles. The summed E-state index contributed by atoms with van der Waals surface area (Å²) < 4.78 is 42.1. The Morgan fingerprint density at radius 1 is 1.02 bits per heavy atom. The number of anilines is 5. The lowest BCUT2D eigenvalue weighted by atomic mass is 10.0. The van der Waals surface area contributed by atoms with Crippen LogP contribution < -0.4 is 16.0 Å². The predicted octanol–water partition coefficient (Wildman–Crippen LogP) is 6.71. The van der Waals surface area contributed by atoms with E-state index in [1.54, 1.807) is 31.2 Å². The van der Waals surface area contributed by atoms with E-state index in [-0.39, 0.29) is 23.7 Å². The molecule has 1 fully saturated rings. The monoisotopic (exact) mass is 630 g/mol. The van der Waals surface area contributed by atoms with Crippen molar-refractivity contribution in [1.29, 1.82) is 0 Å². The average molecular weight is 631 g/mol. The molecule has 0 radical (unpaired) electrons. The number of hydrogen-bond acceptors (Lipinski definition) is 9. The lowest BCUT2D eigenvalue weighted by molar-refractivity contribution is -0.138. The number of alkyl halides is 3. The minimum Gasteiger partial charge on any atom is -0.340 e. The number of nitrogens with zero attached hydrogens (tertiary/aromatic N) is 5. The minimum atomic E-state index is -4.51. The second kappa shape index (κ2) is 12.8. The maximum absolute atomic E-state index is 14.0. The third-order valence-electron chi connectivity index (χ3n) is 6.94. The molecule has 0 spiro atoms. The molecule has 14 heteroatoms. The van der Waals surface area contributed by atoms with Crippen LogP contribution in [0.4, 0.5) is 41.3 Å². The number of benzene rings is 2. The van der Waals surface area contributed by atoms with Gasteiger partial charge in [-0.3, -0.25) is 9.69 Å². The molecule has 2 aromatic carbocycles. The first-order chi connectivity index (χ1) is 20.4. The number of aromatic nitrogens is 3. The van der Waals surface area contributed by atoms with Crippen molar-refractivity contribution in [2.24, 2.45) is 0 Å². The first kappa shape index (κ1) is 30.7. The van der Waals surface area contributed by atoms with Gasteiger partial charge in [-0.1, -0.05) is 41.1 Å². The molecule has 0 unspecified atom stereocenters. The Hall–Kier alpha value is -3.78. The number of hydrogen-bond donors (Lipinski definition) is 3. The lowest BCUT2D eigenvalue weighted by Crippen LogP contribution is -2.44. The highest BCUT2D eigenvalue weighted by Gasteiger charge is 2.34. The zero-order valence-corrected chi connectivity index (χ0v) is 25.3. The highest BCUT2D eigenvalue weighted by molar-refractivity contribution is 7.17. The van der Waals surface area contributed by atoms with Gasteiger partial charge in [0.05, 0.1) is 22.5 Å². The molecule has 1 aliphatic heterocycles. The molecule has 0 atom stereocenters. The molecule has 0 aliphatic carbocycles. The Kier molecular flexibility index (Phi) is 9.16. The number of para-hydroxylation sites is 1. The number of nitrogens with one attached hydrogen (secondary N) is 3. The van der Waals surface area contributed by atoms with Crippen molar-refractivity contribution in [3.8, 4) is 0 Å². The van der Waals surface area contributed by atoms with Gasteiger partial charge >= 0.3 is 6.18 Å². The van der Waals surface area contributed by atoms with Crippen LogP contribution in [0.5, 0.6) is 0 Å². The molecule has 9 nitrogen and oxygen atoms in total. The van der Waals surface area contributed by atoms with Gasteiger partial charge in [-0.2, -0.15) is 13.2 Å². The van der Waals surface area contributed by atoms with Gasteiger partial charge in [-0.05, 0) is 50.2 Å². The molecule has 43 heavy (non-hydrogen) atoms. The first-order valence-electron chi connectivity index (χ1n) is 13.5. The van der Waals surface area contributed by atoms with Crippen LogP contribution in [0.3, 0.4) is 0 Å². The molecule has 226 valence electrons. The van der Waals surface area contributed by atoms with Crippen LogP contribution in [0.25, 0.3) is 0 Å². The normalized spacial score (nSPS) is 14.5. The largest absolute Gasteiger partial charge is 0.416 e. The molecule has 1 amide bonds. The fraction of sp³-hybridized carbons (Fsp3) is 0.310. The summed E-state index contributed by atoms with van der Waals surface area (Å²) in [7, 11) is 2.01. The summed E-state index contributed by atoms with van der Waals surface area (Å²) in [6, 6.07) is 11.2. The van der Waals surface area contributed by atoms with Crippen molar-refractivity contribution in [2.45, 2.75) is 26.6 Å². The van der Waals surface area contributed by atoms with Crippen molar-refractivity contribution in [3.05, 3.63) is 81.1 Å². The van der Waals surface area contributed by atoms with Crippen LogP contribution in [-0.2, 0) is 12.7 Å². The summed E-state index contributed by atoms with van der Waals surface area (Å²) in [4.78, 5) is 30.3. The molecule has 2 aromatic heterocycles. The quantitative estimate of drug-likeness (QED) is 0.198. The number of likely N-dealkylation sites (N-methyl/N-ethyl adjacent to an activating group) is 1. The van der Waals surface area contributed by atoms with Crippen LogP contribution >= 0.6 is 22.9 Å². The SMILES string of the molecule is Cc1nc(Nc2ccc(CN3CCN(C)CC3)c(C(F)(F)F)c2)cc(Nc2ncc(C(=O)Nc3c(C)cccc3Cl)s2)n1. The molecule has 3 heterocycles. The Morgan fingerprint density at radius 3 is 2.44 bits per heavy atom. The number of halogens is 4. The van der Waals surface area contributed by atoms with E-state index in [1.165, 1.54) is 12.3 Å². The van der Waals surface area contributed by atoms with Gasteiger partial charge in [0.15, 0.2) is 5.13 Å². The lowest BCUT2D eigenvalue weighted by Gasteiger charge is -2.33. The fourth-order valence-corrected chi connectivity index (χ4v) is 5.65. The van der Waals surface area contributed by atoms with Gasteiger partial charge in [-0.15, -0.1) is 0 Å². The summed E-state index contributed by atoms with van der Waals surface area (Å²) >= 11 is 7.34. The van der Waals surface area contributed by atoms with Crippen molar-refractivity contribution >= 4 is 57.0 Å². The van der Waals surface area contributed by atoms with E-state index in [1.807, 2.05) is 24.9 Å². The summed E-state index contributed by atoms with van der Waals surface area (Å²) in [6.45, 7) is 6.83. The summed E-state index contributed by atoms with van der Waals surface area (Å²) in [5.74, 6) is 0.693. The number of thiazole rings is 1. The van der Waals surface area contributed by atoms with Crippen LogP contribution in [0.15, 0.2) is 48.7 Å². The minimum absolute atomic E-state index is 0.232. The van der Waals surface area contributed by atoms with Gasteiger partial charge in [0.1, 0.15) is 22.3 Å². The smallest absolute Gasteiger partial charge is 0.340 e. The predicted molar refractivity (Wildman–Crippen MR) is 164 cm³/mol. The first-order valence-corrected chi connectivity index (χ1v) is 14.7. The van der Waals surface area contributed by atoms with Gasteiger partial charge < -0.3 is 20.9 Å². The number of carbonyl (C=O) groups excluding carboxylic acids is 1. The molecule has 3 N–H and O–H groups in total. The maximum Gasteiger partial charge on any atom is 0.416 e. The number of rotatable bonds is 8. The number of carbonyl (C=O) groups is 1. The molecule has 1 aliphatic rings. The highest BCUT2D eigenvalue weighted by Crippen LogP contribution is 2.35. The zero-order chi connectivity index (χ0) is 30.7. The highest BCUT2D eigenvalue weighted by atomic mass is 35.5. The third-order valence-corrected chi connectivity index (χ3v) is 8.17. The van der Waals surface area contributed by atoms with Crippen LogP contribution in [0.2, 0.25) is 5.02 Å². The fourth-order valence-electron chi connectivity index (χ4n) is 4.66. The van der Waals surface area contributed by atoms with E-state index < -0.39 is 11.7 Å². The Morgan fingerprint density at radius 2 is 1.74 bits per heavy atom. The van der Waals surface area contributed by atoms with Crippen molar-refractivity contribution in [1.82, 2.24) is 24.8 Å². The number of aryl methyl sites for hydroxylation is 2. The second-order valence-corrected chi connectivity index (χ2v) is 11.7. The zero-order valence-electron chi connectivity index (χ0n) is 23.7.